The quantitative estimate of drug-likeness (QED) is 0.412. The van der Waals surface area contributed by atoms with Gasteiger partial charge in [0.2, 0.25) is 5.91 Å². The maximum Gasteiger partial charge on any atom is 0.251 e. The van der Waals surface area contributed by atoms with Crippen molar-refractivity contribution in [1.82, 2.24) is 19.8 Å². The van der Waals surface area contributed by atoms with E-state index in [1.165, 1.54) is 38.5 Å². The number of hydrogen-bond donors (Lipinski definition) is 1. The zero-order valence-corrected chi connectivity index (χ0v) is 22.3. The number of amides is 2. The van der Waals surface area contributed by atoms with Gasteiger partial charge in [-0.15, -0.1) is 0 Å². The Hall–Kier alpha value is -3.15. The van der Waals surface area contributed by atoms with Crippen molar-refractivity contribution in [3.63, 3.8) is 0 Å². The Morgan fingerprint density at radius 1 is 0.919 bits per heavy atom. The Bertz CT molecular complexity index is 1200. The molecule has 2 saturated carbocycles. The van der Waals surface area contributed by atoms with Crippen LogP contribution in [0.3, 0.4) is 0 Å². The lowest BCUT2D eigenvalue weighted by Crippen LogP contribution is -2.50. The largest absolute Gasteiger partial charge is 0.342 e. The van der Waals surface area contributed by atoms with Crippen LogP contribution in [0.25, 0.3) is 11.0 Å². The SMILES string of the molecule is Cc1ccc(C(=O)NC(C)c2nc3ccccc3n2CC(=O)N(C2CCCCC2)C2CCCCC2)cc1. The summed E-state index contributed by atoms with van der Waals surface area (Å²) in [7, 11) is 0. The number of carbonyl (C=O) groups is 2. The zero-order chi connectivity index (χ0) is 25.8. The minimum absolute atomic E-state index is 0.136. The molecular formula is C31H40N4O2. The second-order valence-electron chi connectivity index (χ2n) is 11.0. The smallest absolute Gasteiger partial charge is 0.251 e. The van der Waals surface area contributed by atoms with Crippen LogP contribution in [-0.2, 0) is 11.3 Å². The molecule has 1 atom stereocenters. The lowest BCUT2D eigenvalue weighted by Gasteiger charge is -2.42. The fourth-order valence-electron chi connectivity index (χ4n) is 6.28. The van der Waals surface area contributed by atoms with E-state index in [-0.39, 0.29) is 24.4 Å². The molecule has 3 aromatic rings. The van der Waals surface area contributed by atoms with Crippen LogP contribution in [-0.4, -0.2) is 38.3 Å². The number of imidazole rings is 1. The van der Waals surface area contributed by atoms with Crippen LogP contribution in [0.4, 0.5) is 0 Å². The first-order chi connectivity index (χ1) is 18.0. The van der Waals surface area contributed by atoms with Gasteiger partial charge >= 0.3 is 0 Å². The summed E-state index contributed by atoms with van der Waals surface area (Å²) >= 11 is 0. The van der Waals surface area contributed by atoms with E-state index < -0.39 is 0 Å². The van der Waals surface area contributed by atoms with Gasteiger partial charge in [0.05, 0.1) is 17.1 Å². The van der Waals surface area contributed by atoms with Gasteiger partial charge in [-0.3, -0.25) is 9.59 Å². The standard InChI is InChI=1S/C31H40N4O2/c1-22-17-19-24(20-18-22)31(37)32-23(2)30-33-27-15-9-10-16-28(27)34(30)21-29(36)35(25-11-5-3-6-12-25)26-13-7-4-8-14-26/h9-10,15-20,23,25-26H,3-8,11-14,21H2,1-2H3,(H,32,37). The van der Waals surface area contributed by atoms with Gasteiger partial charge in [0.15, 0.2) is 0 Å². The number of para-hydroxylation sites is 2. The highest BCUT2D eigenvalue weighted by Crippen LogP contribution is 2.31. The average molecular weight is 501 g/mol. The van der Waals surface area contributed by atoms with E-state index >= 15 is 0 Å². The maximum atomic E-state index is 14.1. The molecular weight excluding hydrogens is 460 g/mol. The lowest BCUT2D eigenvalue weighted by atomic mass is 9.88. The molecule has 0 aliphatic heterocycles. The van der Waals surface area contributed by atoms with Gasteiger partial charge in [0.1, 0.15) is 12.4 Å². The summed E-state index contributed by atoms with van der Waals surface area (Å²) in [6.45, 7) is 4.22. The Kier molecular flexibility index (Phi) is 7.92. The first-order valence-electron chi connectivity index (χ1n) is 14.1. The van der Waals surface area contributed by atoms with Crippen LogP contribution in [0.5, 0.6) is 0 Å². The van der Waals surface area contributed by atoms with Gasteiger partial charge in [-0.25, -0.2) is 4.98 Å². The van der Waals surface area contributed by atoms with Gasteiger partial charge in [-0.1, -0.05) is 68.4 Å². The first-order valence-corrected chi connectivity index (χ1v) is 14.1. The van der Waals surface area contributed by atoms with Crippen molar-refractivity contribution in [3.8, 4) is 0 Å². The summed E-state index contributed by atoms with van der Waals surface area (Å²) in [6, 6.07) is 15.9. The molecule has 1 heterocycles. The van der Waals surface area contributed by atoms with E-state index in [0.29, 0.717) is 17.6 Å². The molecule has 2 aromatic carbocycles. The van der Waals surface area contributed by atoms with Crippen molar-refractivity contribution in [2.45, 2.75) is 103 Å². The number of hydrogen-bond acceptors (Lipinski definition) is 3. The molecule has 37 heavy (non-hydrogen) atoms. The minimum atomic E-state index is -0.341. The molecule has 5 rings (SSSR count). The molecule has 2 aliphatic carbocycles. The van der Waals surface area contributed by atoms with Gasteiger partial charge in [-0.05, 0) is 63.8 Å². The minimum Gasteiger partial charge on any atom is -0.342 e. The number of benzene rings is 2. The zero-order valence-electron chi connectivity index (χ0n) is 22.3. The van der Waals surface area contributed by atoms with Crippen LogP contribution in [0.1, 0.15) is 98.9 Å². The van der Waals surface area contributed by atoms with Crippen molar-refractivity contribution >= 4 is 22.8 Å². The van der Waals surface area contributed by atoms with Gasteiger partial charge < -0.3 is 14.8 Å². The molecule has 0 bridgehead atoms. The van der Waals surface area contributed by atoms with Gasteiger partial charge in [0, 0.05) is 17.6 Å². The van der Waals surface area contributed by atoms with Crippen molar-refractivity contribution in [2.24, 2.45) is 0 Å². The van der Waals surface area contributed by atoms with Crippen LogP contribution < -0.4 is 5.32 Å². The molecule has 1 N–H and O–H groups in total. The number of aryl methyl sites for hydroxylation is 1. The number of carbonyl (C=O) groups excluding carboxylic acids is 2. The van der Waals surface area contributed by atoms with Crippen molar-refractivity contribution < 1.29 is 9.59 Å². The number of fused-ring (bicyclic) bond motifs is 1. The monoisotopic (exact) mass is 500 g/mol. The topological polar surface area (TPSA) is 67.2 Å². The number of nitrogens with zero attached hydrogens (tertiary/aromatic N) is 3. The Balaban J connectivity index is 1.42. The van der Waals surface area contributed by atoms with Crippen molar-refractivity contribution in [1.29, 1.82) is 0 Å². The molecule has 2 fully saturated rings. The third-order valence-electron chi connectivity index (χ3n) is 8.25. The molecule has 1 unspecified atom stereocenters. The third-order valence-corrected chi connectivity index (χ3v) is 8.25. The molecule has 2 aliphatic rings. The fourth-order valence-corrected chi connectivity index (χ4v) is 6.28. The fraction of sp³-hybridized carbons (Fsp3) is 0.516. The summed E-state index contributed by atoms with van der Waals surface area (Å²) in [5, 5.41) is 3.12. The molecule has 1 aromatic heterocycles. The average Bonchev–Trinajstić information content (AvgIpc) is 3.29. The summed E-state index contributed by atoms with van der Waals surface area (Å²) < 4.78 is 2.04. The highest BCUT2D eigenvalue weighted by Gasteiger charge is 2.33. The summed E-state index contributed by atoms with van der Waals surface area (Å²) in [5.74, 6) is 0.783. The number of nitrogens with one attached hydrogen (secondary N) is 1. The predicted octanol–water partition coefficient (Wildman–Crippen LogP) is 6.33. The lowest BCUT2D eigenvalue weighted by molar-refractivity contribution is -0.138. The van der Waals surface area contributed by atoms with Gasteiger partial charge in [0.25, 0.3) is 5.91 Å². The van der Waals surface area contributed by atoms with E-state index in [1.807, 2.05) is 66.9 Å². The summed E-state index contributed by atoms with van der Waals surface area (Å²) in [4.78, 5) is 34.2. The van der Waals surface area contributed by atoms with E-state index in [2.05, 4.69) is 10.2 Å². The van der Waals surface area contributed by atoms with Crippen LogP contribution in [0.2, 0.25) is 0 Å². The molecule has 6 heteroatoms. The van der Waals surface area contributed by atoms with E-state index in [1.54, 1.807) is 0 Å². The Morgan fingerprint density at radius 2 is 1.51 bits per heavy atom. The molecule has 196 valence electrons. The normalized spacial score (nSPS) is 18.0. The Morgan fingerprint density at radius 3 is 2.14 bits per heavy atom. The molecule has 2 amide bonds. The van der Waals surface area contributed by atoms with Crippen molar-refractivity contribution in [3.05, 3.63) is 65.5 Å². The summed E-state index contributed by atoms with van der Waals surface area (Å²) in [5.41, 5.74) is 3.53. The van der Waals surface area contributed by atoms with Gasteiger partial charge in [-0.2, -0.15) is 0 Å². The van der Waals surface area contributed by atoms with Crippen LogP contribution in [0, 0.1) is 6.92 Å². The van der Waals surface area contributed by atoms with Crippen LogP contribution in [0.15, 0.2) is 48.5 Å². The number of rotatable bonds is 7. The molecule has 0 radical (unpaired) electrons. The highest BCUT2D eigenvalue weighted by molar-refractivity contribution is 5.94. The second-order valence-corrected chi connectivity index (χ2v) is 11.0. The Labute approximate surface area is 220 Å². The second kappa shape index (κ2) is 11.5. The highest BCUT2D eigenvalue weighted by atomic mass is 16.2. The molecule has 6 nitrogen and oxygen atoms in total. The maximum absolute atomic E-state index is 14.1. The van der Waals surface area contributed by atoms with E-state index in [9.17, 15) is 9.59 Å². The summed E-state index contributed by atoms with van der Waals surface area (Å²) in [6.07, 6.45) is 11.8. The van der Waals surface area contributed by atoms with E-state index in [0.717, 1.165) is 48.1 Å². The third kappa shape index (κ3) is 5.73. The first kappa shape index (κ1) is 25.5. The molecule has 0 saturated heterocycles. The number of aromatic nitrogens is 2. The van der Waals surface area contributed by atoms with E-state index in [4.69, 9.17) is 4.98 Å². The van der Waals surface area contributed by atoms with Crippen molar-refractivity contribution in [2.75, 3.05) is 0 Å². The predicted molar refractivity (Wildman–Crippen MR) is 147 cm³/mol. The van der Waals surface area contributed by atoms with Crippen LogP contribution >= 0.6 is 0 Å². The molecule has 0 spiro atoms.